The van der Waals surface area contributed by atoms with Gasteiger partial charge in [0.05, 0.1) is 5.75 Å². The highest BCUT2D eigenvalue weighted by Crippen LogP contribution is 2.22. The van der Waals surface area contributed by atoms with Crippen LogP contribution in [-0.4, -0.2) is 35.1 Å². The highest BCUT2D eigenvalue weighted by molar-refractivity contribution is 7.99. The van der Waals surface area contributed by atoms with Gasteiger partial charge in [-0.2, -0.15) is 0 Å². The minimum atomic E-state index is -0.649. The lowest BCUT2D eigenvalue weighted by atomic mass is 10.0. The molecular weight excluding hydrogens is 499 g/mol. The van der Waals surface area contributed by atoms with Crippen molar-refractivity contribution < 1.29 is 9.59 Å². The maximum atomic E-state index is 13.6. The Morgan fingerprint density at radius 1 is 0.914 bits per heavy atom. The van der Waals surface area contributed by atoms with Crippen molar-refractivity contribution in [2.75, 3.05) is 12.3 Å². The molecule has 0 bridgehead atoms. The quantitative estimate of drug-likeness (QED) is 0.296. The first-order chi connectivity index (χ1) is 17.0. The largest absolute Gasteiger partial charge is 0.354 e. The Morgan fingerprint density at radius 2 is 1.60 bits per heavy atom. The lowest BCUT2D eigenvalue weighted by molar-refractivity contribution is -0.139. The van der Waals surface area contributed by atoms with Gasteiger partial charge in [-0.25, -0.2) is 0 Å². The van der Waals surface area contributed by atoms with Gasteiger partial charge in [-0.05, 0) is 41.3 Å². The van der Waals surface area contributed by atoms with E-state index in [0.717, 1.165) is 23.1 Å². The number of benzene rings is 3. The fraction of sp³-hybridized carbons (Fsp3) is 0.286. The van der Waals surface area contributed by atoms with Crippen LogP contribution in [0.25, 0.3) is 0 Å². The number of halogens is 2. The maximum absolute atomic E-state index is 13.6. The molecule has 3 aromatic rings. The zero-order valence-corrected chi connectivity index (χ0v) is 22.1. The predicted molar refractivity (Wildman–Crippen MR) is 147 cm³/mol. The molecule has 35 heavy (non-hydrogen) atoms. The molecule has 1 atom stereocenters. The molecule has 0 saturated heterocycles. The van der Waals surface area contributed by atoms with Gasteiger partial charge in [-0.1, -0.05) is 90.8 Å². The first-order valence-corrected chi connectivity index (χ1v) is 13.6. The molecule has 4 nitrogen and oxygen atoms in total. The average molecular weight is 530 g/mol. The number of rotatable bonds is 12. The third-order valence-electron chi connectivity index (χ3n) is 5.53. The van der Waals surface area contributed by atoms with E-state index in [1.807, 2.05) is 79.7 Å². The zero-order valence-electron chi connectivity index (χ0n) is 19.8. The minimum absolute atomic E-state index is 0.100. The second-order valence-corrected chi connectivity index (χ2v) is 10.1. The predicted octanol–water partition coefficient (Wildman–Crippen LogP) is 6.39. The molecular formula is C28H30Cl2N2O2S. The minimum Gasteiger partial charge on any atom is -0.354 e. The van der Waals surface area contributed by atoms with E-state index in [1.54, 1.807) is 11.0 Å². The molecule has 0 aliphatic rings. The molecule has 3 aromatic carbocycles. The summed E-state index contributed by atoms with van der Waals surface area (Å²) in [4.78, 5) is 28.5. The van der Waals surface area contributed by atoms with Crippen LogP contribution >= 0.6 is 35.0 Å². The van der Waals surface area contributed by atoms with Crippen LogP contribution in [0.3, 0.4) is 0 Å². The van der Waals surface area contributed by atoms with Gasteiger partial charge in [0, 0.05) is 35.3 Å². The summed E-state index contributed by atoms with van der Waals surface area (Å²) >= 11 is 13.9. The highest BCUT2D eigenvalue weighted by Gasteiger charge is 2.30. The lowest BCUT2D eigenvalue weighted by Gasteiger charge is -2.31. The zero-order chi connectivity index (χ0) is 25.0. The molecule has 0 radical (unpaired) electrons. The van der Waals surface area contributed by atoms with Crippen molar-refractivity contribution in [3.8, 4) is 0 Å². The molecule has 0 heterocycles. The fourth-order valence-electron chi connectivity index (χ4n) is 3.65. The molecule has 0 fully saturated rings. The van der Waals surface area contributed by atoms with Gasteiger partial charge in [0.25, 0.3) is 0 Å². The smallest absolute Gasteiger partial charge is 0.243 e. The van der Waals surface area contributed by atoms with Crippen molar-refractivity contribution >= 4 is 46.8 Å². The summed E-state index contributed by atoms with van der Waals surface area (Å²) in [5.74, 6) is 0.670. The maximum Gasteiger partial charge on any atom is 0.243 e. The topological polar surface area (TPSA) is 49.4 Å². The second-order valence-electron chi connectivity index (χ2n) is 8.23. The number of nitrogens with zero attached hydrogens (tertiary/aromatic N) is 1. The summed E-state index contributed by atoms with van der Waals surface area (Å²) in [5, 5.41) is 4.25. The van der Waals surface area contributed by atoms with Gasteiger partial charge in [0.2, 0.25) is 11.8 Å². The molecule has 1 unspecified atom stereocenters. The Bertz CT molecular complexity index is 1090. The fourth-order valence-corrected chi connectivity index (χ4v) is 4.84. The van der Waals surface area contributed by atoms with Crippen molar-refractivity contribution in [1.82, 2.24) is 10.2 Å². The Balaban J connectivity index is 1.83. The van der Waals surface area contributed by atoms with E-state index in [9.17, 15) is 9.59 Å². The first kappa shape index (κ1) is 27.1. The van der Waals surface area contributed by atoms with Gasteiger partial charge >= 0.3 is 0 Å². The van der Waals surface area contributed by atoms with E-state index in [1.165, 1.54) is 11.8 Å². The summed E-state index contributed by atoms with van der Waals surface area (Å²) in [5.41, 5.74) is 2.90. The summed E-state index contributed by atoms with van der Waals surface area (Å²) in [6.07, 6.45) is 1.24. The van der Waals surface area contributed by atoms with Crippen molar-refractivity contribution in [2.24, 2.45) is 0 Å². The second kappa shape index (κ2) is 14.2. The summed E-state index contributed by atoms with van der Waals surface area (Å²) < 4.78 is 0. The van der Waals surface area contributed by atoms with E-state index in [0.29, 0.717) is 28.8 Å². The van der Waals surface area contributed by atoms with Gasteiger partial charge < -0.3 is 10.2 Å². The molecule has 1 N–H and O–H groups in total. The number of carbonyl (C=O) groups is 2. The summed E-state index contributed by atoms with van der Waals surface area (Å²) in [7, 11) is 0. The molecule has 0 saturated carbocycles. The number of nitrogens with one attached hydrogen (secondary N) is 1. The van der Waals surface area contributed by atoms with E-state index < -0.39 is 6.04 Å². The van der Waals surface area contributed by atoms with Crippen LogP contribution in [0.1, 0.15) is 30.0 Å². The number of hydrogen-bond acceptors (Lipinski definition) is 3. The lowest BCUT2D eigenvalue weighted by Crippen LogP contribution is -2.51. The van der Waals surface area contributed by atoms with Crippen LogP contribution in [0.15, 0.2) is 78.9 Å². The normalized spacial score (nSPS) is 11.6. The third kappa shape index (κ3) is 8.60. The molecule has 0 aliphatic carbocycles. The Hall–Kier alpha value is -2.47. The van der Waals surface area contributed by atoms with Gasteiger partial charge in [-0.15, -0.1) is 11.8 Å². The number of hydrogen-bond donors (Lipinski definition) is 1. The monoisotopic (exact) mass is 528 g/mol. The average Bonchev–Trinajstić information content (AvgIpc) is 2.87. The van der Waals surface area contributed by atoms with E-state index in [4.69, 9.17) is 23.2 Å². The highest BCUT2D eigenvalue weighted by atomic mass is 35.5. The van der Waals surface area contributed by atoms with Crippen molar-refractivity contribution in [3.05, 3.63) is 106 Å². The molecule has 0 spiro atoms. The number of carbonyl (C=O) groups excluding carboxylic acids is 2. The molecule has 0 aliphatic heterocycles. The van der Waals surface area contributed by atoms with Crippen LogP contribution in [0.5, 0.6) is 0 Å². The summed E-state index contributed by atoms with van der Waals surface area (Å²) in [6.45, 7) is 2.83. The first-order valence-electron chi connectivity index (χ1n) is 11.6. The van der Waals surface area contributed by atoms with Crippen molar-refractivity contribution in [1.29, 1.82) is 0 Å². The standard InChI is InChI=1S/C28H30Cl2N2O2S/c1-2-16-31-28(34)26(17-21-8-4-3-5-9-21)32(18-23-10-6-7-11-25(23)30)27(33)20-35-19-22-12-14-24(29)15-13-22/h3-15,26H,2,16-20H2,1H3,(H,31,34). The van der Waals surface area contributed by atoms with Gasteiger partial charge in [0.1, 0.15) is 6.04 Å². The van der Waals surface area contributed by atoms with Crippen LogP contribution in [-0.2, 0) is 28.3 Å². The van der Waals surface area contributed by atoms with Crippen molar-refractivity contribution in [2.45, 2.75) is 38.1 Å². The molecule has 7 heteroatoms. The number of amides is 2. The van der Waals surface area contributed by atoms with Crippen LogP contribution in [0.4, 0.5) is 0 Å². The third-order valence-corrected chi connectivity index (χ3v) is 7.14. The Labute approximate surface area is 222 Å². The Kier molecular flexibility index (Phi) is 11.0. The number of thioether (sulfide) groups is 1. The van der Waals surface area contributed by atoms with E-state index >= 15 is 0 Å². The van der Waals surface area contributed by atoms with E-state index in [2.05, 4.69) is 5.32 Å². The van der Waals surface area contributed by atoms with Crippen LogP contribution < -0.4 is 5.32 Å². The molecule has 2 amide bonds. The van der Waals surface area contributed by atoms with Crippen LogP contribution in [0, 0.1) is 0 Å². The molecule has 3 rings (SSSR count). The molecule has 184 valence electrons. The van der Waals surface area contributed by atoms with E-state index in [-0.39, 0.29) is 24.1 Å². The van der Waals surface area contributed by atoms with Crippen molar-refractivity contribution in [3.63, 3.8) is 0 Å². The SMILES string of the molecule is CCCNC(=O)C(Cc1ccccc1)N(Cc1ccccc1Cl)C(=O)CSCc1ccc(Cl)cc1. The summed E-state index contributed by atoms with van der Waals surface area (Å²) in [6, 6.07) is 24.2. The Morgan fingerprint density at radius 3 is 2.29 bits per heavy atom. The van der Waals surface area contributed by atoms with Crippen LogP contribution in [0.2, 0.25) is 10.0 Å². The van der Waals surface area contributed by atoms with Gasteiger partial charge in [-0.3, -0.25) is 9.59 Å². The van der Waals surface area contributed by atoms with Gasteiger partial charge in [0.15, 0.2) is 0 Å². The molecule has 0 aromatic heterocycles.